The summed E-state index contributed by atoms with van der Waals surface area (Å²) >= 11 is 5.89. The fraction of sp³-hybridized carbons (Fsp3) is 0.360. The smallest absolute Gasteiger partial charge is 0.494 e. The van der Waals surface area contributed by atoms with Crippen molar-refractivity contribution in [1.82, 2.24) is 4.90 Å². The first-order valence-electron chi connectivity index (χ1n) is 11.1. The molecule has 0 saturated carbocycles. The van der Waals surface area contributed by atoms with Gasteiger partial charge in [-0.15, -0.1) is 0 Å². The van der Waals surface area contributed by atoms with Gasteiger partial charge in [0.25, 0.3) is 0 Å². The minimum absolute atomic E-state index is 0.196. The molecule has 3 rings (SSSR count). The third-order valence-electron chi connectivity index (χ3n) is 5.38. The van der Waals surface area contributed by atoms with Crippen LogP contribution in [0, 0.1) is 0 Å². The summed E-state index contributed by atoms with van der Waals surface area (Å²) in [6.45, 7) is 2.13. The maximum atomic E-state index is 12.0. The van der Waals surface area contributed by atoms with Gasteiger partial charge < -0.3 is 4.74 Å². The highest BCUT2D eigenvalue weighted by molar-refractivity contribution is 6.30. The average Bonchev–Trinajstić information content (AvgIpc) is 2.85. The van der Waals surface area contributed by atoms with Gasteiger partial charge in [-0.1, -0.05) is 41.9 Å². The lowest BCUT2D eigenvalue weighted by Gasteiger charge is -2.26. The molecule has 0 atom stereocenters. The summed E-state index contributed by atoms with van der Waals surface area (Å²) in [6.07, 6.45) is -0.813. The quantitative estimate of drug-likeness (QED) is 0.255. The first-order chi connectivity index (χ1) is 16.7. The van der Waals surface area contributed by atoms with Crippen LogP contribution in [0.1, 0.15) is 30.4 Å². The number of hydrogen-bond acceptors (Lipinski definition) is 6. The van der Waals surface area contributed by atoms with Crippen molar-refractivity contribution in [3.63, 3.8) is 0 Å². The fourth-order valence-electron chi connectivity index (χ4n) is 3.48. The molecule has 0 unspecified atom stereocenters. The molecule has 0 fully saturated rings. The van der Waals surface area contributed by atoms with E-state index in [0.29, 0.717) is 19.7 Å². The maximum absolute atomic E-state index is 12.0. The second-order valence-electron chi connectivity index (χ2n) is 7.96. The van der Waals surface area contributed by atoms with Crippen LogP contribution < -0.4 is 4.74 Å². The van der Waals surface area contributed by atoms with E-state index in [1.165, 1.54) is 5.56 Å². The van der Waals surface area contributed by atoms with Crippen LogP contribution in [-0.2, 0) is 25.8 Å². The lowest BCUT2D eigenvalue weighted by molar-refractivity contribution is -0.285. The van der Waals surface area contributed by atoms with E-state index in [2.05, 4.69) is 9.78 Å². The number of benzene rings is 2. The number of carbonyl (C=O) groups is 2. The van der Waals surface area contributed by atoms with E-state index in [0.717, 1.165) is 41.2 Å². The van der Waals surface area contributed by atoms with Gasteiger partial charge in [0.15, 0.2) is 0 Å². The van der Waals surface area contributed by atoms with Crippen LogP contribution in [0.15, 0.2) is 54.6 Å². The maximum Gasteiger partial charge on any atom is 0.495 e. The Morgan fingerprint density at radius 2 is 1.71 bits per heavy atom. The molecule has 188 valence electrons. The van der Waals surface area contributed by atoms with Gasteiger partial charge in [0.2, 0.25) is 0 Å². The third-order valence-corrected chi connectivity index (χ3v) is 5.64. The molecule has 0 spiro atoms. The van der Waals surface area contributed by atoms with Crippen molar-refractivity contribution in [2.24, 2.45) is 0 Å². The summed E-state index contributed by atoms with van der Waals surface area (Å²) in [4.78, 5) is 31.4. The molecule has 0 N–H and O–H groups in total. The first-order valence-corrected chi connectivity index (χ1v) is 11.5. The van der Waals surface area contributed by atoms with E-state index in [-0.39, 0.29) is 13.0 Å². The van der Waals surface area contributed by atoms with Gasteiger partial charge in [0, 0.05) is 24.7 Å². The minimum atomic E-state index is -5.21. The number of hydrogen-bond donors (Lipinski definition) is 0. The van der Waals surface area contributed by atoms with Crippen molar-refractivity contribution in [3.8, 4) is 5.75 Å². The zero-order valence-electron chi connectivity index (χ0n) is 18.9. The molecule has 0 aromatic heterocycles. The Hall–Kier alpha value is -3.04. The van der Waals surface area contributed by atoms with E-state index < -0.39 is 18.1 Å². The molecule has 0 bridgehead atoms. The summed E-state index contributed by atoms with van der Waals surface area (Å²) in [5, 5.41) is 0.725. The Balaban J connectivity index is 1.36. The average molecular weight is 512 g/mol. The van der Waals surface area contributed by atoms with Crippen LogP contribution in [-0.4, -0.2) is 49.3 Å². The number of alkyl halides is 3. The summed E-state index contributed by atoms with van der Waals surface area (Å²) < 4.78 is 41.9. The van der Waals surface area contributed by atoms with Crippen molar-refractivity contribution in [3.05, 3.63) is 70.8 Å². The van der Waals surface area contributed by atoms with E-state index in [4.69, 9.17) is 16.3 Å². The van der Waals surface area contributed by atoms with Crippen molar-refractivity contribution in [1.29, 1.82) is 0 Å². The second kappa shape index (κ2) is 12.6. The van der Waals surface area contributed by atoms with Crippen LogP contribution in [0.4, 0.5) is 13.2 Å². The summed E-state index contributed by atoms with van der Waals surface area (Å²) in [7, 11) is 0. The van der Waals surface area contributed by atoms with Gasteiger partial charge >= 0.3 is 18.1 Å². The van der Waals surface area contributed by atoms with Crippen LogP contribution in [0.5, 0.6) is 5.75 Å². The molecular formula is C25H25ClF3NO5. The fourth-order valence-corrected chi connectivity index (χ4v) is 3.61. The second-order valence-corrected chi connectivity index (χ2v) is 8.39. The van der Waals surface area contributed by atoms with Crippen molar-refractivity contribution >= 4 is 29.1 Å². The third kappa shape index (κ3) is 8.92. The zero-order chi connectivity index (χ0) is 25.3. The van der Waals surface area contributed by atoms with E-state index in [1.54, 1.807) is 0 Å². The van der Waals surface area contributed by atoms with E-state index >= 15 is 0 Å². The zero-order valence-corrected chi connectivity index (χ0v) is 19.6. The van der Waals surface area contributed by atoms with E-state index in [1.807, 2.05) is 59.5 Å². The van der Waals surface area contributed by atoms with Crippen LogP contribution >= 0.6 is 11.6 Å². The molecule has 2 aromatic rings. The van der Waals surface area contributed by atoms with Crippen LogP contribution in [0.2, 0.25) is 5.02 Å². The first kappa shape index (κ1) is 26.6. The minimum Gasteiger partial charge on any atom is -0.494 e. The molecule has 0 radical (unpaired) electrons. The van der Waals surface area contributed by atoms with Crippen LogP contribution in [0.3, 0.4) is 0 Å². The highest BCUT2D eigenvalue weighted by Crippen LogP contribution is 2.25. The molecule has 1 aliphatic rings. The standard InChI is InChI=1S/C25H25ClF3NO5/c26-21-7-3-18(4-8-21)2-1-17-33-22-9-5-19(6-10-22)20-11-14-30(15-12-20)16-13-23(31)34-35-24(32)25(27,28)29/h3-11H,1-2,12-17H2. The normalized spacial score (nSPS) is 14.2. The molecule has 1 aliphatic heterocycles. The van der Waals surface area contributed by atoms with Gasteiger partial charge in [0.1, 0.15) is 5.75 Å². The highest BCUT2D eigenvalue weighted by atomic mass is 35.5. The van der Waals surface area contributed by atoms with Gasteiger partial charge in [-0.05, 0) is 60.2 Å². The Morgan fingerprint density at radius 3 is 2.34 bits per heavy atom. The number of nitrogens with zero attached hydrogens (tertiary/aromatic N) is 1. The lowest BCUT2D eigenvalue weighted by atomic mass is 9.99. The Kier molecular flexibility index (Phi) is 9.56. The molecule has 10 heteroatoms. The van der Waals surface area contributed by atoms with Crippen molar-refractivity contribution in [2.45, 2.75) is 31.9 Å². The molecule has 2 aromatic carbocycles. The number of aryl methyl sites for hydroxylation is 1. The summed E-state index contributed by atoms with van der Waals surface area (Å²) in [6, 6.07) is 15.7. The Labute approximate surface area is 206 Å². The molecule has 35 heavy (non-hydrogen) atoms. The monoisotopic (exact) mass is 511 g/mol. The van der Waals surface area contributed by atoms with Crippen LogP contribution in [0.25, 0.3) is 5.57 Å². The summed E-state index contributed by atoms with van der Waals surface area (Å²) in [5.41, 5.74) is 3.46. The number of rotatable bonds is 9. The molecule has 1 heterocycles. The van der Waals surface area contributed by atoms with Gasteiger partial charge in [-0.2, -0.15) is 13.2 Å². The topological polar surface area (TPSA) is 65.1 Å². The molecule has 0 saturated heterocycles. The molecule has 6 nitrogen and oxygen atoms in total. The molecular weight excluding hydrogens is 487 g/mol. The van der Waals surface area contributed by atoms with E-state index in [9.17, 15) is 22.8 Å². The lowest BCUT2D eigenvalue weighted by Crippen LogP contribution is -2.31. The molecule has 0 aliphatic carbocycles. The largest absolute Gasteiger partial charge is 0.495 e. The summed E-state index contributed by atoms with van der Waals surface area (Å²) in [5.74, 6) is -2.81. The predicted octanol–water partition coefficient (Wildman–Crippen LogP) is 5.39. The highest BCUT2D eigenvalue weighted by Gasteiger charge is 2.43. The predicted molar refractivity (Wildman–Crippen MR) is 124 cm³/mol. The Morgan fingerprint density at radius 1 is 1.00 bits per heavy atom. The number of halogens is 4. The SMILES string of the molecule is O=C(CCN1CC=C(c2ccc(OCCCc3ccc(Cl)cc3)cc2)CC1)OOC(=O)C(F)(F)F. The Bertz CT molecular complexity index is 1020. The van der Waals surface area contributed by atoms with Crippen molar-refractivity contribution < 1.29 is 37.3 Å². The van der Waals surface area contributed by atoms with Gasteiger partial charge in [-0.3, -0.25) is 4.90 Å². The number of ether oxygens (including phenoxy) is 1. The van der Waals surface area contributed by atoms with Gasteiger partial charge in [0.05, 0.1) is 13.0 Å². The van der Waals surface area contributed by atoms with Crippen molar-refractivity contribution in [2.75, 3.05) is 26.2 Å². The van der Waals surface area contributed by atoms with Gasteiger partial charge in [-0.25, -0.2) is 19.4 Å². The number of carbonyl (C=O) groups excluding carboxylic acids is 2. The molecule has 0 amide bonds.